The summed E-state index contributed by atoms with van der Waals surface area (Å²) in [6.45, 7) is 2.79. The Morgan fingerprint density at radius 3 is 2.40 bits per heavy atom. The van der Waals surface area contributed by atoms with Crippen LogP contribution in [0.3, 0.4) is 0 Å². The lowest BCUT2D eigenvalue weighted by molar-refractivity contribution is 0.0684. The van der Waals surface area contributed by atoms with Crippen LogP contribution >= 0.6 is 0 Å². The number of hydrogen-bond acceptors (Lipinski definition) is 3. The first-order valence-electron chi connectivity index (χ1n) is 6.63. The smallest absolute Gasteiger partial charge is 0.194 e. The van der Waals surface area contributed by atoms with Crippen molar-refractivity contribution < 1.29 is 17.9 Å². The molecule has 20 heavy (non-hydrogen) atoms. The molecule has 1 aromatic carbocycles. The zero-order valence-electron chi connectivity index (χ0n) is 11.6. The second-order valence-electron chi connectivity index (χ2n) is 5.15. The van der Waals surface area contributed by atoms with E-state index in [0.717, 1.165) is 18.6 Å². The number of ether oxygens (including phenoxy) is 1. The van der Waals surface area contributed by atoms with Gasteiger partial charge in [-0.1, -0.05) is 0 Å². The highest BCUT2D eigenvalue weighted by atomic mass is 19.2. The number of nitrogens with zero attached hydrogens (tertiary/aromatic N) is 1. The van der Waals surface area contributed by atoms with Gasteiger partial charge < -0.3 is 10.5 Å². The Hall–Kier alpha value is -1.11. The summed E-state index contributed by atoms with van der Waals surface area (Å²) in [6, 6.07) is 1.76. The van der Waals surface area contributed by atoms with Gasteiger partial charge in [-0.2, -0.15) is 0 Å². The van der Waals surface area contributed by atoms with Crippen molar-refractivity contribution in [2.45, 2.75) is 31.5 Å². The van der Waals surface area contributed by atoms with E-state index in [0.29, 0.717) is 12.2 Å². The maximum Gasteiger partial charge on any atom is 0.194 e. The molecule has 1 heterocycles. The monoisotopic (exact) mass is 288 g/mol. The first-order valence-corrected chi connectivity index (χ1v) is 6.63. The molecule has 1 aliphatic heterocycles. The van der Waals surface area contributed by atoms with Crippen molar-refractivity contribution in [1.82, 2.24) is 4.90 Å². The summed E-state index contributed by atoms with van der Waals surface area (Å²) in [7, 11) is 1.84. The van der Waals surface area contributed by atoms with Gasteiger partial charge in [0.15, 0.2) is 17.5 Å². The highest BCUT2D eigenvalue weighted by Gasteiger charge is 2.32. The zero-order chi connectivity index (χ0) is 14.9. The van der Waals surface area contributed by atoms with Gasteiger partial charge in [0.05, 0.1) is 6.10 Å². The summed E-state index contributed by atoms with van der Waals surface area (Å²) in [5, 5.41) is 0. The lowest BCUT2D eigenvalue weighted by Crippen LogP contribution is -2.42. The number of nitrogens with two attached hydrogens (primary N) is 1. The van der Waals surface area contributed by atoms with Crippen LogP contribution in [0.15, 0.2) is 12.1 Å². The lowest BCUT2D eigenvalue weighted by Gasteiger charge is -2.34. The first kappa shape index (κ1) is 15.3. The first-order chi connectivity index (χ1) is 9.45. The number of rotatable bonds is 4. The molecule has 6 heteroatoms. The van der Waals surface area contributed by atoms with Crippen molar-refractivity contribution in [2.75, 3.05) is 20.2 Å². The molecule has 0 spiro atoms. The van der Waals surface area contributed by atoms with Gasteiger partial charge >= 0.3 is 0 Å². The van der Waals surface area contributed by atoms with Crippen LogP contribution in [0.1, 0.15) is 24.9 Å². The topological polar surface area (TPSA) is 38.5 Å². The molecule has 1 saturated heterocycles. The Kier molecular flexibility index (Phi) is 4.67. The quantitative estimate of drug-likeness (QED) is 0.863. The van der Waals surface area contributed by atoms with E-state index in [1.165, 1.54) is 0 Å². The molecule has 3 nitrogen and oxygen atoms in total. The van der Waals surface area contributed by atoms with Crippen LogP contribution in [0, 0.1) is 17.5 Å². The number of halogens is 3. The predicted octanol–water partition coefficient (Wildman–Crippen LogP) is 2.21. The SMILES string of the molecule is CC1OCCC1N(C)C(CN)c1cc(F)c(F)c(F)c1. The molecule has 0 bridgehead atoms. The fourth-order valence-electron chi connectivity index (χ4n) is 2.79. The van der Waals surface area contributed by atoms with Crippen LogP contribution in [0.25, 0.3) is 0 Å². The van der Waals surface area contributed by atoms with Gasteiger partial charge in [0.25, 0.3) is 0 Å². The number of hydrogen-bond donors (Lipinski definition) is 1. The minimum Gasteiger partial charge on any atom is -0.377 e. The Bertz CT molecular complexity index is 460. The normalized spacial score (nSPS) is 24.4. The minimum absolute atomic E-state index is 0.0317. The van der Waals surface area contributed by atoms with Crippen molar-refractivity contribution in [1.29, 1.82) is 0 Å². The van der Waals surface area contributed by atoms with Gasteiger partial charge in [-0.3, -0.25) is 4.90 Å². The van der Waals surface area contributed by atoms with Crippen molar-refractivity contribution in [3.63, 3.8) is 0 Å². The molecule has 3 atom stereocenters. The standard InChI is InChI=1S/C14H19F3N2O/c1-8-12(3-4-20-8)19(2)13(7-18)9-5-10(15)14(17)11(16)6-9/h5-6,8,12-13H,3-4,7,18H2,1-2H3. The summed E-state index contributed by atoms with van der Waals surface area (Å²) < 4.78 is 45.2. The van der Waals surface area contributed by atoms with Gasteiger partial charge in [-0.05, 0) is 38.1 Å². The third kappa shape index (κ3) is 2.82. The van der Waals surface area contributed by atoms with Crippen molar-refractivity contribution in [2.24, 2.45) is 5.73 Å². The summed E-state index contributed by atoms with van der Waals surface area (Å²) in [5.41, 5.74) is 6.07. The lowest BCUT2D eigenvalue weighted by atomic mass is 10.0. The van der Waals surface area contributed by atoms with E-state index in [1.807, 2.05) is 18.9 Å². The highest BCUT2D eigenvalue weighted by molar-refractivity contribution is 5.23. The van der Waals surface area contributed by atoms with Crippen LogP contribution in [0.5, 0.6) is 0 Å². The van der Waals surface area contributed by atoms with Gasteiger partial charge in [-0.15, -0.1) is 0 Å². The van der Waals surface area contributed by atoms with E-state index in [-0.39, 0.29) is 24.7 Å². The third-order valence-corrected chi connectivity index (χ3v) is 3.97. The van der Waals surface area contributed by atoms with Crippen LogP contribution in [0.4, 0.5) is 13.2 Å². The summed E-state index contributed by atoms with van der Waals surface area (Å²) in [5.74, 6) is -3.84. The molecule has 0 amide bonds. The van der Waals surface area contributed by atoms with Gasteiger partial charge in [-0.25, -0.2) is 13.2 Å². The van der Waals surface area contributed by atoms with E-state index in [1.54, 1.807) is 0 Å². The summed E-state index contributed by atoms with van der Waals surface area (Å²) >= 11 is 0. The van der Waals surface area contributed by atoms with Crippen molar-refractivity contribution in [3.8, 4) is 0 Å². The molecule has 0 radical (unpaired) electrons. The van der Waals surface area contributed by atoms with E-state index in [4.69, 9.17) is 10.5 Å². The molecular formula is C14H19F3N2O. The van der Waals surface area contributed by atoms with Crippen LogP contribution in [-0.4, -0.2) is 37.2 Å². The average molecular weight is 288 g/mol. The molecule has 1 aromatic rings. The predicted molar refractivity (Wildman–Crippen MR) is 69.7 cm³/mol. The Morgan fingerprint density at radius 1 is 1.35 bits per heavy atom. The van der Waals surface area contributed by atoms with E-state index >= 15 is 0 Å². The van der Waals surface area contributed by atoms with Crippen LogP contribution in [0.2, 0.25) is 0 Å². The van der Waals surface area contributed by atoms with Crippen molar-refractivity contribution >= 4 is 0 Å². The van der Waals surface area contributed by atoms with E-state index < -0.39 is 17.5 Å². The van der Waals surface area contributed by atoms with E-state index in [9.17, 15) is 13.2 Å². The van der Waals surface area contributed by atoms with Crippen LogP contribution < -0.4 is 5.73 Å². The van der Waals surface area contributed by atoms with E-state index in [2.05, 4.69) is 0 Å². The molecular weight excluding hydrogens is 269 g/mol. The summed E-state index contributed by atoms with van der Waals surface area (Å²) in [6.07, 6.45) is 0.865. The number of benzene rings is 1. The van der Waals surface area contributed by atoms with Gasteiger partial charge in [0, 0.05) is 25.2 Å². The maximum absolute atomic E-state index is 13.4. The second-order valence-corrected chi connectivity index (χ2v) is 5.15. The largest absolute Gasteiger partial charge is 0.377 e. The minimum atomic E-state index is -1.45. The fourth-order valence-corrected chi connectivity index (χ4v) is 2.79. The Balaban J connectivity index is 2.27. The molecule has 0 aromatic heterocycles. The molecule has 1 aliphatic rings. The molecule has 2 N–H and O–H groups in total. The zero-order valence-corrected chi connectivity index (χ0v) is 11.6. The molecule has 1 fully saturated rings. The van der Waals surface area contributed by atoms with Gasteiger partial charge in [0.2, 0.25) is 0 Å². The number of likely N-dealkylation sites (N-methyl/N-ethyl adjacent to an activating group) is 1. The molecule has 0 saturated carbocycles. The van der Waals surface area contributed by atoms with Crippen molar-refractivity contribution in [3.05, 3.63) is 35.1 Å². The highest BCUT2D eigenvalue weighted by Crippen LogP contribution is 2.28. The third-order valence-electron chi connectivity index (χ3n) is 3.97. The maximum atomic E-state index is 13.4. The van der Waals surface area contributed by atoms with Gasteiger partial charge in [0.1, 0.15) is 0 Å². The van der Waals surface area contributed by atoms with Crippen LogP contribution in [-0.2, 0) is 4.74 Å². The Morgan fingerprint density at radius 2 is 1.95 bits per heavy atom. The average Bonchev–Trinajstić information content (AvgIpc) is 2.82. The molecule has 112 valence electrons. The molecule has 0 aliphatic carbocycles. The molecule has 3 unspecified atom stereocenters. The molecule has 2 rings (SSSR count). The second kappa shape index (κ2) is 6.11. The Labute approximate surface area is 116 Å². The fraction of sp³-hybridized carbons (Fsp3) is 0.571. The summed E-state index contributed by atoms with van der Waals surface area (Å²) in [4.78, 5) is 1.95.